The van der Waals surface area contributed by atoms with Gasteiger partial charge in [-0.3, -0.25) is 0 Å². The first-order valence-electron chi connectivity index (χ1n) is 4.24. The molecule has 0 saturated carbocycles. The van der Waals surface area contributed by atoms with Crippen molar-refractivity contribution in [3.05, 3.63) is 21.7 Å². The normalized spacial score (nSPS) is 7.87. The summed E-state index contributed by atoms with van der Waals surface area (Å²) in [5.74, 6) is 0. The van der Waals surface area contributed by atoms with Crippen LogP contribution in [0.2, 0.25) is 0 Å². The van der Waals surface area contributed by atoms with E-state index in [2.05, 4.69) is 47.6 Å². The third-order valence-corrected chi connectivity index (χ3v) is 7.47. The van der Waals surface area contributed by atoms with Gasteiger partial charge in [0.25, 0.3) is 0 Å². The molecule has 0 spiro atoms. The Balaban J connectivity index is -0.000000258. The van der Waals surface area contributed by atoms with Gasteiger partial charge < -0.3 is 22.6 Å². The van der Waals surface area contributed by atoms with Gasteiger partial charge in [-0.25, -0.2) is 0 Å². The molecule has 2 nitrogen and oxygen atoms in total. The van der Waals surface area contributed by atoms with E-state index in [0.717, 1.165) is 14.2 Å². The molecular weight excluding hydrogens is 266 g/mol. The quantitative estimate of drug-likeness (QED) is 0.527. The molecule has 0 N–H and O–H groups in total. The van der Waals surface area contributed by atoms with Crippen molar-refractivity contribution in [2.24, 2.45) is 0 Å². The number of hydrogen-bond donors (Lipinski definition) is 0. The molecule has 0 amide bonds. The third kappa shape index (κ3) is 5.54. The van der Waals surface area contributed by atoms with E-state index in [4.69, 9.17) is 10.2 Å². The van der Waals surface area contributed by atoms with Crippen LogP contribution in [-0.4, -0.2) is 14.2 Å². The second kappa shape index (κ2) is 11.2. The van der Waals surface area contributed by atoms with Gasteiger partial charge in [0.1, 0.15) is 0 Å². The van der Waals surface area contributed by atoms with Crippen LogP contribution in [0.15, 0.2) is 0 Å². The van der Waals surface area contributed by atoms with E-state index in [1.807, 2.05) is 0 Å². The van der Waals surface area contributed by atoms with E-state index >= 15 is 0 Å². The molecule has 1 aromatic heterocycles. The van der Waals surface area contributed by atoms with E-state index in [0.29, 0.717) is 0 Å². The molecular formula is C10H18ClO2PTi. The molecule has 0 bridgehead atoms. The van der Waals surface area contributed by atoms with Crippen molar-refractivity contribution in [3.63, 3.8) is 0 Å². The van der Waals surface area contributed by atoms with Gasteiger partial charge >= 0.3 is 74.9 Å². The van der Waals surface area contributed by atoms with Crippen molar-refractivity contribution < 1.29 is 42.5 Å². The Morgan fingerprint density at radius 2 is 1.00 bits per heavy atom. The van der Waals surface area contributed by atoms with Crippen LogP contribution in [0, 0.1) is 27.7 Å². The Bertz CT molecular complexity index is 195. The number of rotatable bonds is 0. The molecule has 0 fully saturated rings. The molecule has 0 aliphatic rings. The third-order valence-electron chi connectivity index (χ3n) is 2.32. The Hall–Kier alpha value is 0.704. The summed E-state index contributed by atoms with van der Waals surface area (Å²) in [6.45, 7) is 9.00. The predicted octanol–water partition coefficient (Wildman–Crippen LogP) is -1.83. The van der Waals surface area contributed by atoms with Crippen LogP contribution < -0.4 is 22.6 Å². The maximum Gasteiger partial charge on any atom is -1.00 e. The van der Waals surface area contributed by atoms with Crippen LogP contribution in [0.25, 0.3) is 0 Å². The Kier molecular flexibility index (Phi) is 15.7. The van der Waals surface area contributed by atoms with Crippen LogP contribution >= 0.6 is 5.53 Å². The number of halogens is 1. The minimum Gasteiger partial charge on any atom is -1.00 e. The molecule has 0 atom stereocenters. The van der Waals surface area contributed by atoms with Crippen molar-refractivity contribution in [2.45, 2.75) is 27.7 Å². The van der Waals surface area contributed by atoms with Crippen molar-refractivity contribution in [2.75, 3.05) is 14.2 Å². The maximum atomic E-state index is 8.25. The van der Waals surface area contributed by atoms with Crippen molar-refractivity contribution in [3.8, 4) is 0 Å². The van der Waals surface area contributed by atoms with Crippen molar-refractivity contribution in [1.29, 1.82) is 0 Å². The Labute approximate surface area is 111 Å². The molecule has 0 radical (unpaired) electrons. The van der Waals surface area contributed by atoms with Crippen LogP contribution in [0.4, 0.5) is 0 Å². The van der Waals surface area contributed by atoms with Crippen molar-refractivity contribution in [1.82, 2.24) is 0 Å². The molecule has 0 aromatic carbocycles. The average molecular weight is 285 g/mol. The molecule has 1 heterocycles. The fourth-order valence-corrected chi connectivity index (χ4v) is 4.21. The fraction of sp³-hybridized carbons (Fsp3) is 0.600. The van der Waals surface area contributed by atoms with Gasteiger partial charge in [-0.1, -0.05) is 0 Å². The molecule has 86 valence electrons. The summed E-state index contributed by atoms with van der Waals surface area (Å²) in [6.07, 6.45) is 0. The molecule has 0 aliphatic heterocycles. The average Bonchev–Trinajstić information content (AvgIpc) is 2.42. The molecule has 15 heavy (non-hydrogen) atoms. The first-order chi connectivity index (χ1) is 6.55. The maximum absolute atomic E-state index is 8.25. The van der Waals surface area contributed by atoms with E-state index in [9.17, 15) is 0 Å². The van der Waals surface area contributed by atoms with Gasteiger partial charge in [-0.05, 0) is 0 Å². The summed E-state index contributed by atoms with van der Waals surface area (Å²) in [4.78, 5) is 0. The molecule has 5 heteroatoms. The standard InChI is InChI=1S/C8H12P.2CH3O.ClH.Ti/c1-5-6(2)8(4)9-7(5)3;2*1-2;;/h1-4H3;2*1H3;1H;/q3*-1;;+4/p-1. The van der Waals surface area contributed by atoms with Crippen LogP contribution in [0.1, 0.15) is 21.7 Å². The molecule has 0 unspecified atom stereocenters. The second-order valence-electron chi connectivity index (χ2n) is 2.76. The van der Waals surface area contributed by atoms with Gasteiger partial charge in [-0.15, -0.1) is 0 Å². The van der Waals surface area contributed by atoms with E-state index < -0.39 is 0 Å². The monoisotopic (exact) mass is 284 g/mol. The summed E-state index contributed by atoms with van der Waals surface area (Å²) < 4.78 is 0. The van der Waals surface area contributed by atoms with Crippen LogP contribution in [0.5, 0.6) is 0 Å². The van der Waals surface area contributed by atoms with Crippen LogP contribution in [0.3, 0.4) is 0 Å². The van der Waals surface area contributed by atoms with E-state index in [1.165, 1.54) is 11.1 Å². The van der Waals surface area contributed by atoms with Crippen molar-refractivity contribution >= 4 is 5.53 Å². The van der Waals surface area contributed by atoms with Gasteiger partial charge in [0.2, 0.25) is 0 Å². The van der Waals surface area contributed by atoms with Gasteiger partial charge in [0.15, 0.2) is 0 Å². The predicted molar refractivity (Wildman–Crippen MR) is 55.3 cm³/mol. The first-order valence-corrected chi connectivity index (χ1v) is 7.67. The largest absolute Gasteiger partial charge is 1.00 e. The zero-order chi connectivity index (χ0) is 11.9. The van der Waals surface area contributed by atoms with E-state index in [-0.39, 0.29) is 17.9 Å². The smallest absolute Gasteiger partial charge is 1.00 e. The second-order valence-corrected chi connectivity index (χ2v) is 6.86. The Morgan fingerprint density at radius 1 is 0.800 bits per heavy atom. The zero-order valence-electron chi connectivity index (χ0n) is 10.1. The topological polar surface area (TPSA) is 46.1 Å². The molecule has 1 aromatic rings. The minimum absolute atomic E-state index is 0. The van der Waals surface area contributed by atoms with E-state index in [1.54, 1.807) is 10.6 Å². The van der Waals surface area contributed by atoms with Gasteiger partial charge in [0.05, 0.1) is 0 Å². The molecule has 1 rings (SSSR count). The molecule has 0 aliphatic carbocycles. The summed E-state index contributed by atoms with van der Waals surface area (Å²) in [5, 5.41) is 19.7. The summed E-state index contributed by atoms with van der Waals surface area (Å²) >= 11 is 2.35. The summed E-state index contributed by atoms with van der Waals surface area (Å²) in [6, 6.07) is 0. The van der Waals surface area contributed by atoms with Gasteiger partial charge in [0, 0.05) is 0 Å². The zero-order valence-corrected chi connectivity index (χ0v) is 13.4. The molecule has 0 saturated heterocycles. The van der Waals surface area contributed by atoms with Gasteiger partial charge in [-0.2, -0.15) is 14.2 Å². The minimum atomic E-state index is 0. The summed E-state index contributed by atoms with van der Waals surface area (Å²) in [7, 11) is 1.50. The SMILES string of the molecule is C[O-].C[O-].Cc1c(C)c(C)[p]([Ti+3])c1C.[Cl-]. The van der Waals surface area contributed by atoms with Crippen LogP contribution in [-0.2, 0) is 19.9 Å². The Morgan fingerprint density at radius 3 is 1.07 bits per heavy atom. The summed E-state index contributed by atoms with van der Waals surface area (Å²) in [5.41, 5.74) is 3.16. The number of hydrogen-bond acceptors (Lipinski definition) is 2. The fourth-order valence-electron chi connectivity index (χ4n) is 1.13. The first kappa shape index (κ1) is 21.0.